The van der Waals surface area contributed by atoms with E-state index in [1.807, 2.05) is 0 Å². The number of rotatable bonds is 5. The Balaban J connectivity index is 2.42. The summed E-state index contributed by atoms with van der Waals surface area (Å²) < 4.78 is 10.2. The van der Waals surface area contributed by atoms with Crippen molar-refractivity contribution in [2.45, 2.75) is 20.0 Å². The van der Waals surface area contributed by atoms with Crippen molar-refractivity contribution in [2.75, 3.05) is 7.11 Å². The van der Waals surface area contributed by atoms with E-state index in [1.165, 1.54) is 19.2 Å². The zero-order chi connectivity index (χ0) is 15.4. The molecule has 2 aromatic rings. The number of carbonyl (C=O) groups excluding carboxylic acids is 1. The van der Waals surface area contributed by atoms with Gasteiger partial charge in [0.2, 0.25) is 5.88 Å². The third-order valence-corrected chi connectivity index (χ3v) is 2.92. The standard InChI is InChI=1S/C14H14N2O5/c1-3-13(17)21-8-10-6-9-7-11(16(18)19)4-5-12(9)15-14(10)20-2/h4-7H,3,8H2,1-2H3. The number of non-ortho nitro benzene ring substituents is 1. The number of nitrogens with zero attached hydrogens (tertiary/aromatic N) is 2. The lowest BCUT2D eigenvalue weighted by Gasteiger charge is -2.09. The lowest BCUT2D eigenvalue weighted by molar-refractivity contribution is -0.384. The highest BCUT2D eigenvalue weighted by Gasteiger charge is 2.12. The van der Waals surface area contributed by atoms with Crippen LogP contribution in [0.25, 0.3) is 10.9 Å². The number of aromatic nitrogens is 1. The van der Waals surface area contributed by atoms with Crippen LogP contribution in [0, 0.1) is 10.1 Å². The Bertz CT molecular complexity index is 699. The number of nitro groups is 1. The third-order valence-electron chi connectivity index (χ3n) is 2.92. The number of methoxy groups -OCH3 is 1. The molecule has 0 atom stereocenters. The van der Waals surface area contributed by atoms with Gasteiger partial charge in [-0.2, -0.15) is 0 Å². The highest BCUT2D eigenvalue weighted by molar-refractivity contribution is 5.82. The second-order valence-electron chi connectivity index (χ2n) is 4.31. The lowest BCUT2D eigenvalue weighted by atomic mass is 10.1. The van der Waals surface area contributed by atoms with Crippen LogP contribution in [-0.2, 0) is 16.1 Å². The fraction of sp³-hybridized carbons (Fsp3) is 0.286. The number of esters is 1. The first-order chi connectivity index (χ1) is 10.0. The molecule has 0 bridgehead atoms. The monoisotopic (exact) mass is 290 g/mol. The van der Waals surface area contributed by atoms with Gasteiger partial charge >= 0.3 is 5.97 Å². The summed E-state index contributed by atoms with van der Waals surface area (Å²) in [7, 11) is 1.46. The van der Waals surface area contributed by atoms with Crippen LogP contribution in [0.5, 0.6) is 5.88 Å². The molecule has 0 saturated heterocycles. The van der Waals surface area contributed by atoms with Gasteiger partial charge in [0.05, 0.1) is 23.1 Å². The minimum absolute atomic E-state index is 0.0154. The molecule has 0 aliphatic rings. The van der Waals surface area contributed by atoms with Crippen molar-refractivity contribution >= 4 is 22.6 Å². The van der Waals surface area contributed by atoms with Crippen molar-refractivity contribution in [2.24, 2.45) is 0 Å². The number of ether oxygens (including phenoxy) is 2. The maximum atomic E-state index is 11.2. The summed E-state index contributed by atoms with van der Waals surface area (Å²) in [6.07, 6.45) is 0.273. The molecule has 0 unspecified atom stereocenters. The molecule has 21 heavy (non-hydrogen) atoms. The lowest BCUT2D eigenvalue weighted by Crippen LogP contribution is -2.04. The largest absolute Gasteiger partial charge is 0.481 e. The van der Waals surface area contributed by atoms with Crippen LogP contribution in [0.1, 0.15) is 18.9 Å². The van der Waals surface area contributed by atoms with Crippen molar-refractivity contribution in [3.8, 4) is 5.88 Å². The van der Waals surface area contributed by atoms with Crippen molar-refractivity contribution in [3.63, 3.8) is 0 Å². The van der Waals surface area contributed by atoms with Gasteiger partial charge in [0.1, 0.15) is 6.61 Å². The summed E-state index contributed by atoms with van der Waals surface area (Å²) in [5, 5.41) is 11.4. The van der Waals surface area contributed by atoms with Crippen molar-refractivity contribution < 1.29 is 19.2 Å². The number of pyridine rings is 1. The summed E-state index contributed by atoms with van der Waals surface area (Å²) in [6, 6.07) is 6.04. The molecule has 0 aliphatic heterocycles. The quantitative estimate of drug-likeness (QED) is 0.477. The molecule has 0 aliphatic carbocycles. The van der Waals surface area contributed by atoms with Gasteiger partial charge in [-0.25, -0.2) is 4.98 Å². The van der Waals surface area contributed by atoms with Crippen LogP contribution in [0.4, 0.5) is 5.69 Å². The van der Waals surface area contributed by atoms with Gasteiger partial charge in [0.25, 0.3) is 5.69 Å². The second kappa shape index (κ2) is 6.17. The molecule has 1 aromatic heterocycles. The Kier molecular flexibility index (Phi) is 4.32. The maximum Gasteiger partial charge on any atom is 0.305 e. The number of hydrogen-bond acceptors (Lipinski definition) is 6. The number of nitro benzene ring substituents is 1. The third kappa shape index (κ3) is 3.25. The van der Waals surface area contributed by atoms with Gasteiger partial charge in [-0.1, -0.05) is 6.92 Å². The predicted octanol–water partition coefficient (Wildman–Crippen LogP) is 2.60. The van der Waals surface area contributed by atoms with E-state index >= 15 is 0 Å². The van der Waals surface area contributed by atoms with Crippen LogP contribution in [0.2, 0.25) is 0 Å². The maximum absolute atomic E-state index is 11.2. The van der Waals surface area contributed by atoms with Gasteiger partial charge < -0.3 is 9.47 Å². The fourth-order valence-corrected chi connectivity index (χ4v) is 1.84. The first kappa shape index (κ1) is 14.7. The zero-order valence-electron chi connectivity index (χ0n) is 11.7. The highest BCUT2D eigenvalue weighted by atomic mass is 16.6. The summed E-state index contributed by atoms with van der Waals surface area (Å²) in [5.41, 5.74) is 1.11. The van der Waals surface area contributed by atoms with Crippen molar-refractivity contribution in [1.29, 1.82) is 0 Å². The molecule has 1 aromatic carbocycles. The van der Waals surface area contributed by atoms with E-state index in [1.54, 1.807) is 19.1 Å². The molecule has 0 saturated carbocycles. The molecule has 2 rings (SSSR count). The van der Waals surface area contributed by atoms with Crippen LogP contribution in [0.15, 0.2) is 24.3 Å². The normalized spacial score (nSPS) is 10.4. The molecule has 0 amide bonds. The summed E-state index contributed by atoms with van der Waals surface area (Å²) >= 11 is 0. The van der Waals surface area contributed by atoms with Crippen molar-refractivity contribution in [3.05, 3.63) is 39.9 Å². The van der Waals surface area contributed by atoms with E-state index in [4.69, 9.17) is 9.47 Å². The predicted molar refractivity (Wildman–Crippen MR) is 75.0 cm³/mol. The van der Waals surface area contributed by atoms with Gasteiger partial charge in [0, 0.05) is 23.9 Å². The van der Waals surface area contributed by atoms with E-state index in [9.17, 15) is 14.9 Å². The Hall–Kier alpha value is -2.70. The van der Waals surface area contributed by atoms with Gasteiger partial charge in [-0.3, -0.25) is 14.9 Å². The summed E-state index contributed by atoms with van der Waals surface area (Å²) in [4.78, 5) is 25.8. The van der Waals surface area contributed by atoms with E-state index in [0.29, 0.717) is 22.3 Å². The molecule has 7 heteroatoms. The van der Waals surface area contributed by atoms with E-state index in [-0.39, 0.29) is 24.7 Å². The minimum Gasteiger partial charge on any atom is -0.481 e. The zero-order valence-corrected chi connectivity index (χ0v) is 11.7. The Morgan fingerprint density at radius 3 is 2.76 bits per heavy atom. The summed E-state index contributed by atoms with van der Waals surface area (Å²) in [5.74, 6) is -0.00329. The first-order valence-corrected chi connectivity index (χ1v) is 6.32. The topological polar surface area (TPSA) is 91.6 Å². The van der Waals surface area contributed by atoms with Crippen LogP contribution < -0.4 is 4.74 Å². The molecule has 0 radical (unpaired) electrons. The molecule has 0 N–H and O–H groups in total. The minimum atomic E-state index is -0.472. The first-order valence-electron chi connectivity index (χ1n) is 6.32. The van der Waals surface area contributed by atoms with Crippen LogP contribution in [0.3, 0.4) is 0 Å². The van der Waals surface area contributed by atoms with Gasteiger partial charge in [-0.15, -0.1) is 0 Å². The van der Waals surface area contributed by atoms with E-state index < -0.39 is 4.92 Å². The van der Waals surface area contributed by atoms with E-state index in [0.717, 1.165) is 0 Å². The Morgan fingerprint density at radius 2 is 2.14 bits per heavy atom. The Labute approximate surface area is 120 Å². The molecule has 110 valence electrons. The van der Waals surface area contributed by atoms with Crippen molar-refractivity contribution in [1.82, 2.24) is 4.98 Å². The fourth-order valence-electron chi connectivity index (χ4n) is 1.84. The van der Waals surface area contributed by atoms with Gasteiger partial charge in [-0.05, 0) is 12.1 Å². The van der Waals surface area contributed by atoms with Gasteiger partial charge in [0.15, 0.2) is 0 Å². The molecule has 7 nitrogen and oxygen atoms in total. The number of benzene rings is 1. The number of hydrogen-bond donors (Lipinski definition) is 0. The molecule has 0 fully saturated rings. The molecular formula is C14H14N2O5. The molecule has 0 spiro atoms. The number of fused-ring (bicyclic) bond motifs is 1. The molecular weight excluding hydrogens is 276 g/mol. The second-order valence-corrected chi connectivity index (χ2v) is 4.31. The van der Waals surface area contributed by atoms with Crippen LogP contribution in [-0.4, -0.2) is 23.0 Å². The molecule has 1 heterocycles. The number of carbonyl (C=O) groups is 1. The average Bonchev–Trinajstić information content (AvgIpc) is 2.50. The smallest absolute Gasteiger partial charge is 0.305 e. The Morgan fingerprint density at radius 1 is 1.38 bits per heavy atom. The SMILES string of the molecule is CCC(=O)OCc1cc2cc([N+](=O)[O-])ccc2nc1OC. The summed E-state index contributed by atoms with van der Waals surface area (Å²) in [6.45, 7) is 1.71. The average molecular weight is 290 g/mol. The van der Waals surface area contributed by atoms with E-state index in [2.05, 4.69) is 4.98 Å². The highest BCUT2D eigenvalue weighted by Crippen LogP contribution is 2.26. The van der Waals surface area contributed by atoms with Crippen LogP contribution >= 0.6 is 0 Å².